The second-order valence-electron chi connectivity index (χ2n) is 4.11. The fourth-order valence-corrected chi connectivity index (χ4v) is 2.43. The highest BCUT2D eigenvalue weighted by molar-refractivity contribution is 14.1. The first-order chi connectivity index (χ1) is 8.69. The van der Waals surface area contributed by atoms with Gasteiger partial charge in [0, 0.05) is 29.0 Å². The van der Waals surface area contributed by atoms with E-state index < -0.39 is 12.2 Å². The van der Waals surface area contributed by atoms with E-state index in [0.717, 1.165) is 0 Å². The normalized spacial score (nSPS) is 28.1. The van der Waals surface area contributed by atoms with Gasteiger partial charge in [0.25, 0.3) is 0 Å². The standard InChI is InChI=1S/C10H11IN4O3/c11-10-12-2-5-9(14-10)15(4-13-5)8-1-6(17)7(3-16)18-8/h2,4,6-8,16-17H,1,3H2/t6-,7+,8+/m1/s1. The van der Waals surface area contributed by atoms with Crippen LogP contribution in [0.4, 0.5) is 0 Å². The zero-order valence-corrected chi connectivity index (χ0v) is 11.4. The lowest BCUT2D eigenvalue weighted by Gasteiger charge is -2.13. The molecule has 7 nitrogen and oxygen atoms in total. The van der Waals surface area contributed by atoms with Crippen molar-refractivity contribution in [2.75, 3.05) is 6.61 Å². The van der Waals surface area contributed by atoms with E-state index in [9.17, 15) is 5.11 Å². The van der Waals surface area contributed by atoms with Crippen molar-refractivity contribution in [2.24, 2.45) is 0 Å². The summed E-state index contributed by atoms with van der Waals surface area (Å²) in [4.78, 5) is 12.6. The number of rotatable bonds is 2. The molecule has 3 atom stereocenters. The van der Waals surface area contributed by atoms with E-state index in [1.54, 1.807) is 17.1 Å². The Labute approximate surface area is 116 Å². The van der Waals surface area contributed by atoms with Crippen LogP contribution in [0.5, 0.6) is 0 Å². The predicted molar refractivity (Wildman–Crippen MR) is 69.7 cm³/mol. The van der Waals surface area contributed by atoms with Gasteiger partial charge in [0.15, 0.2) is 9.48 Å². The number of aliphatic hydroxyl groups is 2. The van der Waals surface area contributed by atoms with Crippen molar-refractivity contribution in [3.8, 4) is 0 Å². The molecular formula is C10H11IN4O3. The molecule has 2 N–H and O–H groups in total. The highest BCUT2D eigenvalue weighted by Gasteiger charge is 2.35. The number of aromatic nitrogens is 4. The fourth-order valence-electron chi connectivity index (χ4n) is 2.07. The molecule has 0 aromatic carbocycles. The van der Waals surface area contributed by atoms with E-state index in [1.807, 2.05) is 22.6 Å². The Bertz CT molecular complexity index is 575. The molecule has 0 amide bonds. The summed E-state index contributed by atoms with van der Waals surface area (Å²) in [6.45, 7) is -0.198. The number of hydrogen-bond acceptors (Lipinski definition) is 6. The first kappa shape index (κ1) is 12.2. The summed E-state index contributed by atoms with van der Waals surface area (Å²) >= 11 is 2.03. The molecule has 18 heavy (non-hydrogen) atoms. The van der Waals surface area contributed by atoms with Crippen LogP contribution in [0.1, 0.15) is 12.6 Å². The highest BCUT2D eigenvalue weighted by Crippen LogP contribution is 2.30. The Morgan fingerprint density at radius 2 is 2.33 bits per heavy atom. The lowest BCUT2D eigenvalue weighted by Crippen LogP contribution is -2.24. The van der Waals surface area contributed by atoms with Crippen LogP contribution in [-0.2, 0) is 4.74 Å². The van der Waals surface area contributed by atoms with Crippen molar-refractivity contribution in [1.82, 2.24) is 19.5 Å². The third-order valence-electron chi connectivity index (χ3n) is 2.98. The molecular weight excluding hydrogens is 351 g/mol. The van der Waals surface area contributed by atoms with E-state index in [2.05, 4.69) is 15.0 Å². The van der Waals surface area contributed by atoms with E-state index in [1.165, 1.54) is 0 Å². The SMILES string of the molecule is OC[C@@H]1O[C@H](n2cnc3cnc(I)nc32)C[C@H]1O. The Hall–Kier alpha value is -0.840. The number of nitrogens with zero attached hydrogens (tertiary/aromatic N) is 4. The van der Waals surface area contributed by atoms with Gasteiger partial charge in [-0.05, 0) is 0 Å². The Kier molecular flexibility index (Phi) is 3.18. The van der Waals surface area contributed by atoms with E-state index in [0.29, 0.717) is 21.4 Å². The summed E-state index contributed by atoms with van der Waals surface area (Å²) < 4.78 is 7.96. The summed E-state index contributed by atoms with van der Waals surface area (Å²) in [5.41, 5.74) is 1.35. The van der Waals surface area contributed by atoms with Gasteiger partial charge < -0.3 is 14.9 Å². The molecule has 8 heteroatoms. The van der Waals surface area contributed by atoms with Crippen molar-refractivity contribution in [3.05, 3.63) is 16.4 Å². The zero-order chi connectivity index (χ0) is 12.7. The van der Waals surface area contributed by atoms with E-state index >= 15 is 0 Å². The van der Waals surface area contributed by atoms with Gasteiger partial charge in [-0.1, -0.05) is 0 Å². The number of hydrogen-bond donors (Lipinski definition) is 2. The van der Waals surface area contributed by atoms with Gasteiger partial charge in [-0.25, -0.2) is 15.0 Å². The summed E-state index contributed by atoms with van der Waals surface area (Å²) in [5, 5.41) is 18.8. The molecule has 2 aromatic rings. The van der Waals surface area contributed by atoms with Crippen LogP contribution in [0.3, 0.4) is 0 Å². The lowest BCUT2D eigenvalue weighted by atomic mass is 10.2. The maximum atomic E-state index is 9.73. The minimum atomic E-state index is -0.668. The fraction of sp³-hybridized carbons (Fsp3) is 0.500. The second-order valence-corrected chi connectivity index (χ2v) is 5.08. The van der Waals surface area contributed by atoms with Crippen LogP contribution in [0.2, 0.25) is 0 Å². The maximum Gasteiger partial charge on any atom is 0.192 e. The van der Waals surface area contributed by atoms with Crippen LogP contribution >= 0.6 is 22.6 Å². The maximum absolute atomic E-state index is 9.73. The Balaban J connectivity index is 1.98. The first-order valence-corrected chi connectivity index (χ1v) is 6.56. The molecule has 1 aliphatic heterocycles. The van der Waals surface area contributed by atoms with Crippen LogP contribution in [0.25, 0.3) is 11.2 Å². The third-order valence-corrected chi connectivity index (χ3v) is 3.50. The van der Waals surface area contributed by atoms with Crippen LogP contribution in [-0.4, -0.2) is 48.5 Å². The molecule has 0 radical (unpaired) electrons. The number of aliphatic hydroxyl groups excluding tert-OH is 2. The minimum Gasteiger partial charge on any atom is -0.394 e. The van der Waals surface area contributed by atoms with Crippen molar-refractivity contribution in [3.63, 3.8) is 0 Å². The average Bonchev–Trinajstić information content (AvgIpc) is 2.91. The average molecular weight is 362 g/mol. The Morgan fingerprint density at radius 3 is 3.06 bits per heavy atom. The van der Waals surface area contributed by atoms with Crippen molar-refractivity contribution >= 4 is 33.8 Å². The van der Waals surface area contributed by atoms with Crippen molar-refractivity contribution in [1.29, 1.82) is 0 Å². The quantitative estimate of drug-likeness (QED) is 0.580. The van der Waals surface area contributed by atoms with Gasteiger partial charge in [-0.3, -0.25) is 4.57 Å². The highest BCUT2D eigenvalue weighted by atomic mass is 127. The summed E-state index contributed by atoms with van der Waals surface area (Å²) in [6, 6.07) is 0. The first-order valence-electron chi connectivity index (χ1n) is 5.48. The smallest absolute Gasteiger partial charge is 0.192 e. The number of imidazole rings is 1. The summed E-state index contributed by atoms with van der Waals surface area (Å²) in [7, 11) is 0. The summed E-state index contributed by atoms with van der Waals surface area (Å²) in [6.07, 6.45) is 2.11. The minimum absolute atomic E-state index is 0.198. The molecule has 1 fully saturated rings. The van der Waals surface area contributed by atoms with Crippen molar-refractivity contribution in [2.45, 2.75) is 24.9 Å². The van der Waals surface area contributed by atoms with Crippen LogP contribution in [0.15, 0.2) is 12.5 Å². The lowest BCUT2D eigenvalue weighted by molar-refractivity contribution is -0.0432. The number of fused-ring (bicyclic) bond motifs is 1. The molecule has 2 aromatic heterocycles. The largest absolute Gasteiger partial charge is 0.394 e. The van der Waals surface area contributed by atoms with Crippen LogP contribution in [0, 0.1) is 3.83 Å². The molecule has 0 saturated carbocycles. The third kappa shape index (κ3) is 1.98. The van der Waals surface area contributed by atoms with Gasteiger partial charge in [0.2, 0.25) is 0 Å². The van der Waals surface area contributed by atoms with E-state index in [-0.39, 0.29) is 12.8 Å². The molecule has 3 heterocycles. The molecule has 1 aliphatic rings. The molecule has 0 aliphatic carbocycles. The van der Waals surface area contributed by atoms with Crippen molar-refractivity contribution < 1.29 is 14.9 Å². The predicted octanol–water partition coefficient (Wildman–Crippen LogP) is 0.0716. The van der Waals surface area contributed by atoms with Gasteiger partial charge in [0.1, 0.15) is 17.8 Å². The van der Waals surface area contributed by atoms with Crippen LogP contribution < -0.4 is 0 Å². The monoisotopic (exact) mass is 362 g/mol. The Morgan fingerprint density at radius 1 is 1.50 bits per heavy atom. The number of halogens is 1. The topological polar surface area (TPSA) is 93.3 Å². The molecule has 0 spiro atoms. The molecule has 1 saturated heterocycles. The van der Waals surface area contributed by atoms with E-state index in [4.69, 9.17) is 9.84 Å². The summed E-state index contributed by atoms with van der Waals surface area (Å²) in [5.74, 6) is 0. The molecule has 3 rings (SSSR count). The van der Waals surface area contributed by atoms with Gasteiger partial charge >= 0.3 is 0 Å². The van der Waals surface area contributed by atoms with Gasteiger partial charge in [-0.2, -0.15) is 0 Å². The second kappa shape index (κ2) is 4.68. The van der Waals surface area contributed by atoms with Gasteiger partial charge in [-0.15, -0.1) is 0 Å². The molecule has 0 bridgehead atoms. The van der Waals surface area contributed by atoms with Gasteiger partial charge in [0.05, 0.1) is 25.2 Å². The number of ether oxygens (including phenoxy) is 1. The molecule has 0 unspecified atom stereocenters. The zero-order valence-electron chi connectivity index (χ0n) is 9.27. The molecule has 96 valence electrons.